The maximum absolute atomic E-state index is 4.31. The van der Waals surface area contributed by atoms with E-state index in [9.17, 15) is 0 Å². The molecule has 0 amide bonds. The third-order valence-corrected chi connectivity index (χ3v) is 3.31. The smallest absolute Gasteiger partial charge is 0.202 e. The molecule has 0 spiro atoms. The molecule has 2 N–H and O–H groups in total. The van der Waals surface area contributed by atoms with E-state index < -0.39 is 0 Å². The molecule has 2 atom stereocenters. The summed E-state index contributed by atoms with van der Waals surface area (Å²) < 4.78 is 0. The Hall–Kier alpha value is -1.03. The first-order valence-corrected chi connectivity index (χ1v) is 5.42. The van der Waals surface area contributed by atoms with Gasteiger partial charge in [-0.3, -0.25) is 0 Å². The van der Waals surface area contributed by atoms with Crippen LogP contribution in [0.15, 0.2) is 12.4 Å². The summed E-state index contributed by atoms with van der Waals surface area (Å²) in [5.41, 5.74) is 0. The lowest BCUT2D eigenvalue weighted by molar-refractivity contribution is 0.563. The van der Waals surface area contributed by atoms with Crippen LogP contribution in [0.5, 0.6) is 0 Å². The average Bonchev–Trinajstić information content (AvgIpc) is 2.75. The Morgan fingerprint density at radius 3 is 3.07 bits per heavy atom. The van der Waals surface area contributed by atoms with Gasteiger partial charge < -0.3 is 15.2 Å². The van der Waals surface area contributed by atoms with Crippen molar-refractivity contribution < 1.29 is 0 Å². The number of hydrogen-bond donors (Lipinski definition) is 2. The zero-order chi connectivity index (χ0) is 9.38. The monoisotopic (exact) mass is 192 g/mol. The van der Waals surface area contributed by atoms with Gasteiger partial charge in [0, 0.05) is 37.6 Å². The Balaban J connectivity index is 1.76. The summed E-state index contributed by atoms with van der Waals surface area (Å²) in [5.74, 6) is 1.03. The number of hydrogen-bond acceptors (Lipinski definition) is 3. The molecule has 4 heteroatoms. The van der Waals surface area contributed by atoms with Crippen molar-refractivity contribution in [3.05, 3.63) is 12.4 Å². The SMILES string of the molecule is c1c[nH]c(N2CCC3CCC(C2)N3)n1. The quantitative estimate of drug-likeness (QED) is 0.689. The predicted octanol–water partition coefficient (Wildman–Crippen LogP) is 0.740. The summed E-state index contributed by atoms with van der Waals surface area (Å²) >= 11 is 0. The van der Waals surface area contributed by atoms with Gasteiger partial charge in [0.1, 0.15) is 0 Å². The molecule has 14 heavy (non-hydrogen) atoms. The molecule has 0 saturated carbocycles. The van der Waals surface area contributed by atoms with Crippen molar-refractivity contribution in [2.24, 2.45) is 0 Å². The zero-order valence-electron chi connectivity index (χ0n) is 8.24. The maximum Gasteiger partial charge on any atom is 0.202 e. The van der Waals surface area contributed by atoms with Crippen molar-refractivity contribution in [1.29, 1.82) is 0 Å². The van der Waals surface area contributed by atoms with Crippen LogP contribution >= 0.6 is 0 Å². The summed E-state index contributed by atoms with van der Waals surface area (Å²) in [4.78, 5) is 9.85. The van der Waals surface area contributed by atoms with Crippen molar-refractivity contribution in [1.82, 2.24) is 15.3 Å². The number of nitrogens with zero attached hydrogens (tertiary/aromatic N) is 2. The van der Waals surface area contributed by atoms with Crippen LogP contribution in [0, 0.1) is 0 Å². The highest BCUT2D eigenvalue weighted by atomic mass is 15.3. The van der Waals surface area contributed by atoms with Crippen molar-refractivity contribution in [3.63, 3.8) is 0 Å². The minimum absolute atomic E-state index is 0.674. The topological polar surface area (TPSA) is 44.0 Å². The second-order valence-corrected chi connectivity index (χ2v) is 4.29. The van der Waals surface area contributed by atoms with Gasteiger partial charge in [0.15, 0.2) is 0 Å². The van der Waals surface area contributed by atoms with E-state index >= 15 is 0 Å². The predicted molar refractivity (Wildman–Crippen MR) is 55.4 cm³/mol. The Kier molecular flexibility index (Phi) is 1.94. The van der Waals surface area contributed by atoms with Gasteiger partial charge in [-0.05, 0) is 19.3 Å². The number of anilines is 1. The summed E-state index contributed by atoms with van der Waals surface area (Å²) in [6.07, 6.45) is 7.65. The molecule has 1 aromatic rings. The Morgan fingerprint density at radius 2 is 2.21 bits per heavy atom. The van der Waals surface area contributed by atoms with E-state index in [4.69, 9.17) is 0 Å². The fourth-order valence-electron chi connectivity index (χ4n) is 2.57. The number of imidazole rings is 1. The minimum Gasteiger partial charge on any atom is -0.341 e. The van der Waals surface area contributed by atoms with Gasteiger partial charge in [-0.25, -0.2) is 4.98 Å². The van der Waals surface area contributed by atoms with Gasteiger partial charge >= 0.3 is 0 Å². The normalized spacial score (nSPS) is 31.9. The van der Waals surface area contributed by atoms with E-state index in [1.165, 1.54) is 19.3 Å². The third-order valence-electron chi connectivity index (χ3n) is 3.31. The van der Waals surface area contributed by atoms with Crippen LogP contribution in [-0.2, 0) is 0 Å². The van der Waals surface area contributed by atoms with Crippen LogP contribution in [0.1, 0.15) is 19.3 Å². The standard InChI is InChI=1S/C10H16N4/c1-2-9-7-14(6-3-8(1)13-9)10-11-4-5-12-10/h4-5,8-9,13H,1-3,6-7H2,(H,11,12). The molecule has 2 saturated heterocycles. The lowest BCUT2D eigenvalue weighted by Gasteiger charge is -2.23. The van der Waals surface area contributed by atoms with E-state index in [-0.39, 0.29) is 0 Å². The Bertz CT molecular complexity index is 295. The second kappa shape index (κ2) is 3.28. The lowest BCUT2D eigenvalue weighted by Crippen LogP contribution is -2.35. The molecule has 0 aromatic carbocycles. The van der Waals surface area contributed by atoms with Crippen LogP contribution in [0.25, 0.3) is 0 Å². The second-order valence-electron chi connectivity index (χ2n) is 4.29. The Morgan fingerprint density at radius 1 is 1.29 bits per heavy atom. The molecule has 2 unspecified atom stereocenters. The number of H-pyrrole nitrogens is 1. The van der Waals surface area contributed by atoms with Crippen LogP contribution in [0.4, 0.5) is 5.95 Å². The minimum atomic E-state index is 0.674. The summed E-state index contributed by atoms with van der Waals surface area (Å²) in [6.45, 7) is 2.23. The number of fused-ring (bicyclic) bond motifs is 2. The number of nitrogens with one attached hydrogen (secondary N) is 2. The van der Waals surface area contributed by atoms with Crippen LogP contribution in [0.2, 0.25) is 0 Å². The van der Waals surface area contributed by atoms with Crippen molar-refractivity contribution in [3.8, 4) is 0 Å². The fraction of sp³-hybridized carbons (Fsp3) is 0.700. The molecule has 2 bridgehead atoms. The summed E-state index contributed by atoms with van der Waals surface area (Å²) in [5, 5.41) is 3.66. The fourth-order valence-corrected chi connectivity index (χ4v) is 2.57. The molecule has 76 valence electrons. The summed E-state index contributed by atoms with van der Waals surface area (Å²) in [7, 11) is 0. The van der Waals surface area contributed by atoms with E-state index in [0.29, 0.717) is 6.04 Å². The molecule has 3 heterocycles. The highest BCUT2D eigenvalue weighted by molar-refractivity contribution is 5.30. The van der Waals surface area contributed by atoms with Gasteiger partial charge in [0.25, 0.3) is 0 Å². The van der Waals surface area contributed by atoms with Gasteiger partial charge in [-0.2, -0.15) is 0 Å². The molecule has 2 fully saturated rings. The van der Waals surface area contributed by atoms with Gasteiger partial charge in [-0.15, -0.1) is 0 Å². The Labute approximate surface area is 83.7 Å². The molecule has 1 aromatic heterocycles. The number of aromatic amines is 1. The molecule has 2 aliphatic rings. The third kappa shape index (κ3) is 1.39. The number of rotatable bonds is 1. The van der Waals surface area contributed by atoms with Gasteiger partial charge in [0.2, 0.25) is 5.95 Å². The zero-order valence-corrected chi connectivity index (χ0v) is 8.24. The van der Waals surface area contributed by atoms with Crippen LogP contribution < -0.4 is 10.2 Å². The first-order chi connectivity index (χ1) is 6.92. The number of aromatic nitrogens is 2. The first-order valence-electron chi connectivity index (χ1n) is 5.42. The van der Waals surface area contributed by atoms with E-state index in [1.54, 1.807) is 0 Å². The first kappa shape index (κ1) is 8.29. The van der Waals surface area contributed by atoms with Gasteiger partial charge in [0.05, 0.1) is 0 Å². The molecule has 0 radical (unpaired) electrons. The maximum atomic E-state index is 4.31. The highest BCUT2D eigenvalue weighted by Crippen LogP contribution is 2.22. The lowest BCUT2D eigenvalue weighted by atomic mass is 10.1. The highest BCUT2D eigenvalue weighted by Gasteiger charge is 2.29. The molecule has 4 nitrogen and oxygen atoms in total. The van der Waals surface area contributed by atoms with Crippen molar-refractivity contribution >= 4 is 5.95 Å². The molecule has 3 rings (SSSR count). The van der Waals surface area contributed by atoms with Crippen molar-refractivity contribution in [2.75, 3.05) is 18.0 Å². The van der Waals surface area contributed by atoms with E-state index in [2.05, 4.69) is 20.2 Å². The molecule has 2 aliphatic heterocycles. The average molecular weight is 192 g/mol. The molecular weight excluding hydrogens is 176 g/mol. The summed E-state index contributed by atoms with van der Waals surface area (Å²) in [6, 6.07) is 1.42. The van der Waals surface area contributed by atoms with Crippen LogP contribution in [0.3, 0.4) is 0 Å². The van der Waals surface area contributed by atoms with E-state index in [0.717, 1.165) is 25.1 Å². The molecular formula is C10H16N4. The van der Waals surface area contributed by atoms with Crippen molar-refractivity contribution in [2.45, 2.75) is 31.3 Å². The molecule has 0 aliphatic carbocycles. The van der Waals surface area contributed by atoms with Gasteiger partial charge in [-0.1, -0.05) is 0 Å². The largest absolute Gasteiger partial charge is 0.341 e. The van der Waals surface area contributed by atoms with Crippen LogP contribution in [-0.4, -0.2) is 35.1 Å². The van der Waals surface area contributed by atoms with E-state index in [1.807, 2.05) is 12.4 Å².